The van der Waals surface area contributed by atoms with Crippen LogP contribution in [0.2, 0.25) is 0 Å². The molecular weight excluding hydrogens is 321 g/mol. The summed E-state index contributed by atoms with van der Waals surface area (Å²) < 4.78 is 37.2. The van der Waals surface area contributed by atoms with Gasteiger partial charge in [-0.15, -0.1) is 11.6 Å². The summed E-state index contributed by atoms with van der Waals surface area (Å²) in [4.78, 5) is 23.0. The number of nitrogens with one attached hydrogen (secondary N) is 2. The molecule has 2 N–H and O–H groups in total. The number of carbonyl (C=O) groups excluding carboxylic acids is 2. The summed E-state index contributed by atoms with van der Waals surface area (Å²) in [5.41, 5.74) is -0.683. The van der Waals surface area contributed by atoms with Crippen molar-refractivity contribution in [2.24, 2.45) is 0 Å². The highest BCUT2D eigenvalue weighted by Gasteiger charge is 2.30. The Bertz CT molecular complexity index is 504. The summed E-state index contributed by atoms with van der Waals surface area (Å²) in [5, 5.41) is 5.10. The van der Waals surface area contributed by atoms with Crippen molar-refractivity contribution in [1.82, 2.24) is 10.6 Å². The summed E-state index contributed by atoms with van der Waals surface area (Å²) in [5.74, 6) is -0.258. The minimum Gasteiger partial charge on any atom is -0.354 e. The smallest absolute Gasteiger partial charge is 0.354 e. The van der Waals surface area contributed by atoms with E-state index in [-0.39, 0.29) is 24.6 Å². The maximum absolute atomic E-state index is 12.4. The molecule has 1 rings (SSSR count). The second-order valence-electron chi connectivity index (χ2n) is 4.47. The molecule has 0 radical (unpaired) electrons. The molecule has 0 aliphatic carbocycles. The molecule has 0 fully saturated rings. The van der Waals surface area contributed by atoms with E-state index in [0.717, 1.165) is 24.3 Å². The van der Waals surface area contributed by atoms with Crippen molar-refractivity contribution in [2.45, 2.75) is 19.0 Å². The van der Waals surface area contributed by atoms with Crippen molar-refractivity contribution in [3.8, 4) is 0 Å². The number of carbonyl (C=O) groups is 2. The normalized spacial score (nSPS) is 11.1. The summed E-state index contributed by atoms with van der Waals surface area (Å²) in [6, 6.07) is 3.92. The third kappa shape index (κ3) is 6.34. The lowest BCUT2D eigenvalue weighted by atomic mass is 10.1. The Morgan fingerprint density at radius 1 is 1.05 bits per heavy atom. The molecule has 0 saturated carbocycles. The van der Waals surface area contributed by atoms with Crippen molar-refractivity contribution in [3.05, 3.63) is 35.4 Å². The van der Waals surface area contributed by atoms with Gasteiger partial charge in [0.1, 0.15) is 0 Å². The van der Waals surface area contributed by atoms with E-state index in [1.807, 2.05) is 0 Å². The zero-order valence-electron chi connectivity index (χ0n) is 11.7. The molecule has 4 nitrogen and oxygen atoms in total. The summed E-state index contributed by atoms with van der Waals surface area (Å²) in [7, 11) is 0. The minimum atomic E-state index is -4.43. The van der Waals surface area contributed by atoms with Crippen LogP contribution in [-0.4, -0.2) is 30.8 Å². The largest absolute Gasteiger partial charge is 0.416 e. The van der Waals surface area contributed by atoms with Gasteiger partial charge in [-0.25, -0.2) is 0 Å². The van der Waals surface area contributed by atoms with Crippen LogP contribution in [0.5, 0.6) is 0 Å². The van der Waals surface area contributed by atoms with Crippen LogP contribution in [-0.2, 0) is 11.0 Å². The monoisotopic (exact) mass is 336 g/mol. The minimum absolute atomic E-state index is 0.126. The lowest BCUT2D eigenvalue weighted by molar-refractivity contribution is -0.137. The molecule has 0 unspecified atom stereocenters. The molecule has 0 heterocycles. The van der Waals surface area contributed by atoms with Gasteiger partial charge in [-0.2, -0.15) is 13.2 Å². The Morgan fingerprint density at radius 3 is 2.18 bits per heavy atom. The van der Waals surface area contributed by atoms with Gasteiger partial charge in [0, 0.05) is 31.0 Å². The van der Waals surface area contributed by atoms with Gasteiger partial charge in [-0.05, 0) is 30.7 Å². The first-order chi connectivity index (χ1) is 10.3. The number of hydrogen-bond donors (Lipinski definition) is 2. The topological polar surface area (TPSA) is 58.2 Å². The number of hydrogen-bond acceptors (Lipinski definition) is 2. The van der Waals surface area contributed by atoms with E-state index in [0.29, 0.717) is 18.7 Å². The van der Waals surface area contributed by atoms with Gasteiger partial charge in [0.2, 0.25) is 5.91 Å². The van der Waals surface area contributed by atoms with E-state index in [9.17, 15) is 22.8 Å². The van der Waals surface area contributed by atoms with Gasteiger partial charge >= 0.3 is 6.18 Å². The van der Waals surface area contributed by atoms with Crippen LogP contribution < -0.4 is 10.6 Å². The van der Waals surface area contributed by atoms with Crippen molar-refractivity contribution >= 4 is 23.4 Å². The third-order valence-electron chi connectivity index (χ3n) is 2.74. The van der Waals surface area contributed by atoms with Crippen molar-refractivity contribution in [1.29, 1.82) is 0 Å². The molecule has 122 valence electrons. The molecule has 8 heteroatoms. The fourth-order valence-corrected chi connectivity index (χ4v) is 1.74. The van der Waals surface area contributed by atoms with Crippen molar-refractivity contribution < 1.29 is 22.8 Å². The van der Waals surface area contributed by atoms with E-state index < -0.39 is 17.6 Å². The van der Waals surface area contributed by atoms with Crippen LogP contribution in [0.15, 0.2) is 24.3 Å². The number of halogens is 4. The fourth-order valence-electron chi connectivity index (χ4n) is 1.61. The van der Waals surface area contributed by atoms with Crippen molar-refractivity contribution in [3.63, 3.8) is 0 Å². The quantitative estimate of drug-likeness (QED) is 0.594. The van der Waals surface area contributed by atoms with Gasteiger partial charge in [0.25, 0.3) is 5.91 Å². The molecule has 1 aromatic carbocycles. The van der Waals surface area contributed by atoms with Crippen LogP contribution in [0.25, 0.3) is 0 Å². The predicted molar refractivity (Wildman–Crippen MR) is 76.7 cm³/mol. The number of amides is 2. The third-order valence-corrected chi connectivity index (χ3v) is 3.01. The maximum atomic E-state index is 12.4. The predicted octanol–water partition coefficient (Wildman–Crippen LogP) is 2.57. The summed E-state index contributed by atoms with van der Waals surface area (Å²) in [6.45, 7) is 0.431. The summed E-state index contributed by atoms with van der Waals surface area (Å²) >= 11 is 5.45. The molecule has 0 bridgehead atoms. The van der Waals surface area contributed by atoms with Crippen LogP contribution in [0.4, 0.5) is 13.2 Å². The van der Waals surface area contributed by atoms with E-state index in [1.165, 1.54) is 0 Å². The van der Waals surface area contributed by atoms with Crippen LogP contribution in [0.3, 0.4) is 0 Å². The van der Waals surface area contributed by atoms with E-state index in [1.54, 1.807) is 0 Å². The Hall–Kier alpha value is -1.76. The zero-order chi connectivity index (χ0) is 16.6. The first-order valence-electron chi connectivity index (χ1n) is 6.62. The lowest BCUT2D eigenvalue weighted by Gasteiger charge is -2.09. The molecule has 0 spiro atoms. The Balaban J connectivity index is 2.35. The molecule has 0 aromatic heterocycles. The maximum Gasteiger partial charge on any atom is 0.416 e. The fraction of sp³-hybridized carbons (Fsp3) is 0.429. The SMILES string of the molecule is O=C(CCCCl)NCCNC(=O)c1ccc(C(F)(F)F)cc1. The Kier molecular flexibility index (Phi) is 7.17. The highest BCUT2D eigenvalue weighted by molar-refractivity contribution is 6.17. The summed E-state index contributed by atoms with van der Waals surface area (Å²) in [6.07, 6.45) is -3.54. The first-order valence-corrected chi connectivity index (χ1v) is 7.16. The van der Waals surface area contributed by atoms with Gasteiger partial charge in [-0.3, -0.25) is 9.59 Å². The number of rotatable bonds is 7. The second-order valence-corrected chi connectivity index (χ2v) is 4.85. The second kappa shape index (κ2) is 8.63. The average Bonchev–Trinajstić information content (AvgIpc) is 2.48. The molecule has 0 aliphatic heterocycles. The highest BCUT2D eigenvalue weighted by atomic mass is 35.5. The number of benzene rings is 1. The molecule has 0 aliphatic rings. The Labute approximate surface area is 131 Å². The number of alkyl halides is 4. The van der Waals surface area contributed by atoms with E-state index in [2.05, 4.69) is 10.6 Å². The zero-order valence-corrected chi connectivity index (χ0v) is 12.4. The molecule has 0 atom stereocenters. The highest BCUT2D eigenvalue weighted by Crippen LogP contribution is 2.28. The standard InChI is InChI=1S/C14H16ClF3N2O2/c15-7-1-2-12(21)19-8-9-20-13(22)10-3-5-11(6-4-10)14(16,17)18/h3-6H,1-2,7-9H2,(H,19,21)(H,20,22). The molecule has 22 heavy (non-hydrogen) atoms. The molecule has 2 amide bonds. The van der Waals surface area contributed by atoms with Crippen LogP contribution in [0, 0.1) is 0 Å². The molecular formula is C14H16ClF3N2O2. The van der Waals surface area contributed by atoms with E-state index in [4.69, 9.17) is 11.6 Å². The van der Waals surface area contributed by atoms with Gasteiger partial charge < -0.3 is 10.6 Å². The Morgan fingerprint density at radius 2 is 1.64 bits per heavy atom. The van der Waals surface area contributed by atoms with Gasteiger partial charge in [0.05, 0.1) is 5.56 Å². The van der Waals surface area contributed by atoms with Crippen molar-refractivity contribution in [2.75, 3.05) is 19.0 Å². The molecule has 1 aromatic rings. The first kappa shape index (κ1) is 18.3. The molecule has 0 saturated heterocycles. The van der Waals surface area contributed by atoms with E-state index >= 15 is 0 Å². The van der Waals surface area contributed by atoms with Crippen LogP contribution in [0.1, 0.15) is 28.8 Å². The van der Waals surface area contributed by atoms with Crippen LogP contribution >= 0.6 is 11.6 Å². The lowest BCUT2D eigenvalue weighted by Crippen LogP contribution is -2.34. The van der Waals surface area contributed by atoms with Gasteiger partial charge in [0.15, 0.2) is 0 Å². The van der Waals surface area contributed by atoms with Gasteiger partial charge in [-0.1, -0.05) is 0 Å². The average molecular weight is 337 g/mol.